The van der Waals surface area contributed by atoms with Crippen molar-refractivity contribution in [1.82, 2.24) is 10.2 Å². The number of rotatable bonds is 8. The normalized spacial score (nSPS) is 14.4. The van der Waals surface area contributed by atoms with Crippen LogP contribution in [0.25, 0.3) is 0 Å². The second-order valence-corrected chi connectivity index (χ2v) is 8.04. The van der Waals surface area contributed by atoms with Crippen molar-refractivity contribution in [2.24, 2.45) is 0 Å². The molecule has 1 fully saturated rings. The second-order valence-electron chi connectivity index (χ2n) is 8.04. The van der Waals surface area contributed by atoms with Gasteiger partial charge >= 0.3 is 0 Å². The minimum Gasteiger partial charge on any atom is -0.484 e. The first-order valence-corrected chi connectivity index (χ1v) is 10.7. The zero-order chi connectivity index (χ0) is 22.2. The first-order chi connectivity index (χ1) is 14.9. The lowest BCUT2D eigenvalue weighted by Crippen LogP contribution is -3.16. The summed E-state index contributed by atoms with van der Waals surface area (Å²) in [6.45, 7) is 6.98. The summed E-state index contributed by atoms with van der Waals surface area (Å²) >= 11 is 0. The molecule has 7 nitrogen and oxygen atoms in total. The van der Waals surface area contributed by atoms with E-state index in [9.17, 15) is 14.4 Å². The van der Waals surface area contributed by atoms with Gasteiger partial charge in [0.25, 0.3) is 11.8 Å². The second kappa shape index (κ2) is 10.7. The van der Waals surface area contributed by atoms with E-state index >= 15 is 0 Å². The number of piperazine rings is 1. The van der Waals surface area contributed by atoms with E-state index in [1.54, 1.807) is 41.3 Å². The van der Waals surface area contributed by atoms with E-state index in [1.165, 1.54) is 4.90 Å². The minimum absolute atomic E-state index is 0.0438. The minimum atomic E-state index is -0.0740. The van der Waals surface area contributed by atoms with Crippen LogP contribution in [0.1, 0.15) is 29.8 Å². The van der Waals surface area contributed by atoms with Gasteiger partial charge < -0.3 is 19.9 Å². The number of ether oxygens (including phenoxy) is 1. The maximum absolute atomic E-state index is 12.5. The number of hydrogen-bond donors (Lipinski definition) is 2. The first kappa shape index (κ1) is 22.5. The topological polar surface area (TPSA) is 80.2 Å². The van der Waals surface area contributed by atoms with Gasteiger partial charge in [-0.25, -0.2) is 0 Å². The molecule has 0 aliphatic carbocycles. The van der Waals surface area contributed by atoms with Crippen molar-refractivity contribution in [3.05, 3.63) is 65.7 Å². The molecule has 164 valence electrons. The molecule has 0 atom stereocenters. The van der Waals surface area contributed by atoms with Crippen LogP contribution in [0.15, 0.2) is 54.6 Å². The van der Waals surface area contributed by atoms with Gasteiger partial charge in [0.1, 0.15) is 5.75 Å². The van der Waals surface area contributed by atoms with E-state index < -0.39 is 0 Å². The van der Waals surface area contributed by atoms with Crippen molar-refractivity contribution in [1.29, 1.82) is 0 Å². The number of nitrogens with zero attached hydrogens (tertiary/aromatic N) is 1. The first-order valence-electron chi connectivity index (χ1n) is 10.7. The summed E-state index contributed by atoms with van der Waals surface area (Å²) in [4.78, 5) is 39.8. The third-order valence-corrected chi connectivity index (χ3v) is 5.20. The van der Waals surface area contributed by atoms with E-state index in [0.29, 0.717) is 36.5 Å². The van der Waals surface area contributed by atoms with Gasteiger partial charge in [-0.3, -0.25) is 14.4 Å². The lowest BCUT2D eigenvalue weighted by atomic mass is 10.0. The van der Waals surface area contributed by atoms with Crippen molar-refractivity contribution in [2.75, 3.05) is 39.3 Å². The van der Waals surface area contributed by atoms with Crippen LogP contribution in [0.2, 0.25) is 0 Å². The standard InChI is InChI=1S/C24H29N3O4/c1-18(2)25-22(28)16-26-12-14-27(15-13-26)23(29)17-31-21-10-8-20(9-11-21)24(30)19-6-4-3-5-7-19/h3-11,18H,12-17H2,1-2H3,(H,25,28)/p+1. The number of carbonyl (C=O) groups excluding carboxylic acids is 3. The van der Waals surface area contributed by atoms with Crippen molar-refractivity contribution in [2.45, 2.75) is 19.9 Å². The molecule has 2 aromatic rings. The summed E-state index contributed by atoms with van der Waals surface area (Å²) in [5.74, 6) is 0.468. The molecule has 1 heterocycles. The Kier molecular flexibility index (Phi) is 7.78. The van der Waals surface area contributed by atoms with Crippen LogP contribution in [0.5, 0.6) is 5.75 Å². The van der Waals surface area contributed by atoms with E-state index in [2.05, 4.69) is 5.32 Å². The molecule has 31 heavy (non-hydrogen) atoms. The van der Waals surface area contributed by atoms with Crippen molar-refractivity contribution in [3.63, 3.8) is 0 Å². The smallest absolute Gasteiger partial charge is 0.275 e. The van der Waals surface area contributed by atoms with Gasteiger partial charge in [-0.15, -0.1) is 0 Å². The number of hydrogen-bond acceptors (Lipinski definition) is 4. The van der Waals surface area contributed by atoms with Gasteiger partial charge in [0.2, 0.25) is 0 Å². The molecule has 7 heteroatoms. The van der Waals surface area contributed by atoms with Gasteiger partial charge in [0.15, 0.2) is 18.9 Å². The molecule has 2 N–H and O–H groups in total. The van der Waals surface area contributed by atoms with Crippen molar-refractivity contribution < 1.29 is 24.0 Å². The summed E-state index contributed by atoms with van der Waals surface area (Å²) in [6.07, 6.45) is 0. The van der Waals surface area contributed by atoms with Gasteiger partial charge in [-0.05, 0) is 38.1 Å². The van der Waals surface area contributed by atoms with Gasteiger partial charge in [-0.2, -0.15) is 0 Å². The monoisotopic (exact) mass is 424 g/mol. The van der Waals surface area contributed by atoms with E-state index in [4.69, 9.17) is 4.74 Å². The fourth-order valence-corrected chi connectivity index (χ4v) is 3.54. The van der Waals surface area contributed by atoms with Gasteiger partial charge in [-0.1, -0.05) is 30.3 Å². The molecule has 0 spiro atoms. The Bertz CT molecular complexity index is 889. The molecule has 0 bridgehead atoms. The Morgan fingerprint density at radius 1 is 0.968 bits per heavy atom. The average Bonchev–Trinajstić information content (AvgIpc) is 2.78. The summed E-state index contributed by atoms with van der Waals surface area (Å²) in [5, 5.41) is 2.90. The number of amides is 2. The lowest BCUT2D eigenvalue weighted by Gasteiger charge is -2.32. The van der Waals surface area contributed by atoms with Crippen LogP contribution >= 0.6 is 0 Å². The molecule has 3 rings (SSSR count). The summed E-state index contributed by atoms with van der Waals surface area (Å²) in [5.41, 5.74) is 1.21. The highest BCUT2D eigenvalue weighted by molar-refractivity contribution is 6.08. The Labute approximate surface area is 183 Å². The zero-order valence-corrected chi connectivity index (χ0v) is 18.1. The maximum Gasteiger partial charge on any atom is 0.275 e. The molecule has 2 aromatic carbocycles. The predicted molar refractivity (Wildman–Crippen MR) is 117 cm³/mol. The summed E-state index contributed by atoms with van der Waals surface area (Å²) in [6, 6.07) is 16.1. The fraction of sp³-hybridized carbons (Fsp3) is 0.375. The predicted octanol–water partition coefficient (Wildman–Crippen LogP) is 0.548. The Morgan fingerprint density at radius 3 is 2.19 bits per heavy atom. The number of nitrogens with one attached hydrogen (secondary N) is 2. The van der Waals surface area contributed by atoms with Gasteiger partial charge in [0, 0.05) is 17.2 Å². The quantitative estimate of drug-likeness (QED) is 0.607. The largest absolute Gasteiger partial charge is 0.484 e. The zero-order valence-electron chi connectivity index (χ0n) is 18.1. The van der Waals surface area contributed by atoms with Crippen LogP contribution in [-0.2, 0) is 9.59 Å². The summed E-state index contributed by atoms with van der Waals surface area (Å²) < 4.78 is 5.62. The molecule has 0 aromatic heterocycles. The van der Waals surface area contributed by atoms with Crippen molar-refractivity contribution >= 4 is 17.6 Å². The van der Waals surface area contributed by atoms with Gasteiger partial charge in [0.05, 0.1) is 26.2 Å². The molecule has 0 radical (unpaired) electrons. The average molecular weight is 425 g/mol. The van der Waals surface area contributed by atoms with Crippen LogP contribution in [0, 0.1) is 0 Å². The summed E-state index contributed by atoms with van der Waals surface area (Å²) in [7, 11) is 0. The van der Waals surface area contributed by atoms with Crippen LogP contribution in [0.4, 0.5) is 0 Å². The molecule has 1 aliphatic heterocycles. The SMILES string of the molecule is CC(C)NC(=O)C[NH+]1CCN(C(=O)COc2ccc(C(=O)c3ccccc3)cc2)CC1. The van der Waals surface area contributed by atoms with Crippen LogP contribution < -0.4 is 15.0 Å². The Hall–Kier alpha value is -3.19. The number of quaternary nitrogens is 1. The molecular formula is C24H30N3O4+. The highest BCUT2D eigenvalue weighted by atomic mass is 16.5. The number of carbonyl (C=O) groups is 3. The lowest BCUT2D eigenvalue weighted by molar-refractivity contribution is -0.896. The van der Waals surface area contributed by atoms with Crippen LogP contribution in [-0.4, -0.2) is 67.9 Å². The highest BCUT2D eigenvalue weighted by Crippen LogP contribution is 2.15. The molecule has 0 unspecified atom stereocenters. The number of benzene rings is 2. The third-order valence-electron chi connectivity index (χ3n) is 5.20. The fourth-order valence-electron chi connectivity index (χ4n) is 3.54. The molecule has 1 aliphatic rings. The maximum atomic E-state index is 12.5. The van der Waals surface area contributed by atoms with E-state index in [0.717, 1.165) is 13.1 Å². The molecule has 2 amide bonds. The Morgan fingerprint density at radius 2 is 1.58 bits per heavy atom. The number of ketones is 1. The van der Waals surface area contributed by atoms with E-state index in [-0.39, 0.29) is 30.2 Å². The third kappa shape index (κ3) is 6.65. The van der Waals surface area contributed by atoms with E-state index in [1.807, 2.05) is 32.0 Å². The molecular weight excluding hydrogens is 394 g/mol. The Balaban J connectivity index is 1.43. The van der Waals surface area contributed by atoms with Crippen LogP contribution in [0.3, 0.4) is 0 Å². The highest BCUT2D eigenvalue weighted by Gasteiger charge is 2.25. The van der Waals surface area contributed by atoms with Crippen molar-refractivity contribution in [3.8, 4) is 5.75 Å². The molecule has 1 saturated heterocycles. The molecule has 0 saturated carbocycles.